The molecule has 10 heteroatoms. The summed E-state index contributed by atoms with van der Waals surface area (Å²) in [7, 11) is 0. The smallest absolute Gasteiger partial charge is 0.356 e. The van der Waals surface area contributed by atoms with E-state index in [1.807, 2.05) is 0 Å². The fourth-order valence-electron chi connectivity index (χ4n) is 5.91. The van der Waals surface area contributed by atoms with Gasteiger partial charge in [0.25, 0.3) is 0 Å². The van der Waals surface area contributed by atoms with Gasteiger partial charge in [0.1, 0.15) is 0 Å². The van der Waals surface area contributed by atoms with Gasteiger partial charge in [0, 0.05) is 29.6 Å². The number of rotatable bonds is 5. The van der Waals surface area contributed by atoms with Crippen molar-refractivity contribution in [2.75, 3.05) is 13.1 Å². The first-order valence-corrected chi connectivity index (χ1v) is 12.1. The molecule has 4 rings (SSSR count). The van der Waals surface area contributed by atoms with Crippen LogP contribution in [0.25, 0.3) is 5.69 Å². The average Bonchev–Trinajstić information content (AvgIpc) is 3.16. The molecule has 0 saturated heterocycles. The van der Waals surface area contributed by atoms with Crippen LogP contribution in [0.3, 0.4) is 0 Å². The minimum atomic E-state index is -1.13. The Labute approximate surface area is 209 Å². The molecule has 2 aromatic rings. The van der Waals surface area contributed by atoms with E-state index >= 15 is 0 Å². The van der Waals surface area contributed by atoms with Gasteiger partial charge in [-0.25, -0.2) is 24.1 Å². The number of carboxylic acids is 1. The third-order valence-electron chi connectivity index (χ3n) is 6.91. The minimum absolute atomic E-state index is 0.0192. The Morgan fingerprint density at radius 3 is 2.63 bits per heavy atom. The van der Waals surface area contributed by atoms with Gasteiger partial charge in [-0.2, -0.15) is 5.10 Å². The maximum absolute atomic E-state index is 13.2. The lowest BCUT2D eigenvalue weighted by atomic mass is 9.62. The summed E-state index contributed by atoms with van der Waals surface area (Å²) in [5, 5.41) is 17.8. The third kappa shape index (κ3) is 5.41. The Balaban J connectivity index is 1.53. The maximum Gasteiger partial charge on any atom is 0.356 e. The van der Waals surface area contributed by atoms with Crippen molar-refractivity contribution < 1.29 is 19.5 Å². The lowest BCUT2D eigenvalue weighted by Gasteiger charge is -2.46. The Hall–Kier alpha value is -3.16. The van der Waals surface area contributed by atoms with Gasteiger partial charge in [-0.15, -0.1) is 0 Å². The molecule has 9 nitrogen and oxygen atoms in total. The number of nitrogens with zero attached hydrogens (tertiary/aromatic N) is 4. The van der Waals surface area contributed by atoms with E-state index in [-0.39, 0.29) is 35.1 Å². The van der Waals surface area contributed by atoms with E-state index in [1.165, 1.54) is 0 Å². The first kappa shape index (κ1) is 24.9. The van der Waals surface area contributed by atoms with Gasteiger partial charge in [0.05, 0.1) is 24.5 Å². The standard InChI is InChI=1S/C25H30ClN5O4/c1-24(2)10-17(11-25(3,13-24)14-27-15-32)28-23(35)30-9-8-20-19(12-30)21(22(33)34)29-31(20)18-6-4-16(26)5-7-18/h4-7,17H,8-14H2,1-3H3,(H,28,35)(H,33,34). The fourth-order valence-corrected chi connectivity index (χ4v) is 6.03. The molecule has 2 aliphatic rings. The van der Waals surface area contributed by atoms with Crippen molar-refractivity contribution in [3.8, 4) is 5.69 Å². The van der Waals surface area contributed by atoms with Gasteiger partial charge < -0.3 is 15.3 Å². The number of halogens is 1. The highest BCUT2D eigenvalue weighted by molar-refractivity contribution is 6.30. The van der Waals surface area contributed by atoms with Crippen LogP contribution in [0.2, 0.25) is 5.02 Å². The topological polar surface area (TPSA) is 117 Å². The molecule has 1 aromatic carbocycles. The first-order valence-electron chi connectivity index (χ1n) is 11.7. The number of fused-ring (bicyclic) bond motifs is 1. The molecule has 2 N–H and O–H groups in total. The molecule has 2 unspecified atom stereocenters. The number of hydrogen-bond acceptors (Lipinski definition) is 5. The zero-order valence-electron chi connectivity index (χ0n) is 20.2. The predicted molar refractivity (Wildman–Crippen MR) is 131 cm³/mol. The number of carbonyl (C=O) groups excluding carboxylic acids is 2. The van der Waals surface area contributed by atoms with Crippen LogP contribution >= 0.6 is 11.6 Å². The summed E-state index contributed by atoms with van der Waals surface area (Å²) in [5.74, 6) is -1.13. The Morgan fingerprint density at radius 1 is 1.26 bits per heavy atom. The lowest BCUT2D eigenvalue weighted by Crippen LogP contribution is -2.52. The summed E-state index contributed by atoms with van der Waals surface area (Å²) in [6, 6.07) is 6.74. The normalized spacial score (nSPS) is 23.2. The minimum Gasteiger partial charge on any atom is -0.476 e. The van der Waals surface area contributed by atoms with Crippen molar-refractivity contribution in [2.45, 2.75) is 59.0 Å². The van der Waals surface area contributed by atoms with Crippen molar-refractivity contribution in [3.05, 3.63) is 46.2 Å². The van der Waals surface area contributed by atoms with Crippen molar-refractivity contribution in [1.82, 2.24) is 20.0 Å². The Kier molecular flexibility index (Phi) is 6.75. The molecule has 0 bridgehead atoms. The number of aromatic nitrogens is 2. The summed E-state index contributed by atoms with van der Waals surface area (Å²) in [6.07, 6.45) is 4.53. The number of carboxylic acid groups (broad SMARTS) is 1. The summed E-state index contributed by atoms with van der Waals surface area (Å²) in [4.78, 5) is 41.3. The van der Waals surface area contributed by atoms with E-state index in [9.17, 15) is 19.5 Å². The van der Waals surface area contributed by atoms with E-state index in [0.29, 0.717) is 36.5 Å². The van der Waals surface area contributed by atoms with Crippen LogP contribution in [0, 0.1) is 10.8 Å². The summed E-state index contributed by atoms with van der Waals surface area (Å²) in [6.45, 7) is 7.40. The van der Waals surface area contributed by atoms with Crippen molar-refractivity contribution in [3.63, 3.8) is 0 Å². The Bertz CT molecular complexity index is 1190. The van der Waals surface area contributed by atoms with Gasteiger partial charge in [-0.05, 0) is 54.4 Å². The quantitative estimate of drug-likeness (QED) is 0.472. The Morgan fingerprint density at radius 2 is 1.97 bits per heavy atom. The number of isocyanates is 1. The van der Waals surface area contributed by atoms with Crippen molar-refractivity contribution in [1.29, 1.82) is 0 Å². The summed E-state index contributed by atoms with van der Waals surface area (Å²) in [5.41, 5.74) is 1.77. The number of amides is 2. The van der Waals surface area contributed by atoms with Crippen molar-refractivity contribution in [2.24, 2.45) is 15.8 Å². The van der Waals surface area contributed by atoms with E-state index in [4.69, 9.17) is 11.6 Å². The van der Waals surface area contributed by atoms with Crippen LogP contribution in [0.1, 0.15) is 61.8 Å². The zero-order valence-corrected chi connectivity index (χ0v) is 20.9. The molecule has 2 amide bonds. The molecule has 1 fully saturated rings. The zero-order chi connectivity index (χ0) is 25.4. The molecule has 35 heavy (non-hydrogen) atoms. The molecule has 1 aliphatic carbocycles. The van der Waals surface area contributed by atoms with Gasteiger partial charge in [0.2, 0.25) is 6.08 Å². The first-order chi connectivity index (χ1) is 16.5. The predicted octanol–water partition coefficient (Wildman–Crippen LogP) is 4.21. The van der Waals surface area contributed by atoms with Crippen LogP contribution in [-0.2, 0) is 17.8 Å². The van der Waals surface area contributed by atoms with E-state index in [0.717, 1.165) is 24.2 Å². The van der Waals surface area contributed by atoms with Crippen LogP contribution in [-0.4, -0.2) is 57.0 Å². The number of hydrogen-bond donors (Lipinski definition) is 2. The molecule has 0 radical (unpaired) electrons. The highest BCUT2D eigenvalue weighted by Gasteiger charge is 2.42. The second-order valence-corrected chi connectivity index (χ2v) is 11.2. The van der Waals surface area contributed by atoms with Crippen molar-refractivity contribution >= 4 is 29.7 Å². The molecule has 1 aliphatic heterocycles. The monoisotopic (exact) mass is 499 g/mol. The number of nitrogens with one attached hydrogen (secondary N) is 1. The molecule has 1 aromatic heterocycles. The van der Waals surface area contributed by atoms with Gasteiger partial charge in [0.15, 0.2) is 5.69 Å². The molecule has 186 valence electrons. The fraction of sp³-hybridized carbons (Fsp3) is 0.520. The SMILES string of the molecule is CC1(C)CC(NC(=O)N2CCc3c(c(C(=O)O)nn3-c3ccc(Cl)cc3)C2)CC(C)(CN=C=O)C1. The van der Waals surface area contributed by atoms with Gasteiger partial charge in [-0.3, -0.25) is 0 Å². The largest absolute Gasteiger partial charge is 0.476 e. The van der Waals surface area contributed by atoms with E-state index < -0.39 is 5.97 Å². The molecule has 2 heterocycles. The van der Waals surface area contributed by atoms with Crippen LogP contribution in [0.15, 0.2) is 29.3 Å². The second-order valence-electron chi connectivity index (χ2n) is 10.8. The summed E-state index contributed by atoms with van der Waals surface area (Å²) < 4.78 is 1.63. The van der Waals surface area contributed by atoms with Crippen LogP contribution in [0.4, 0.5) is 4.79 Å². The number of aliphatic imine (C=N–C) groups is 1. The highest BCUT2D eigenvalue weighted by atomic mass is 35.5. The van der Waals surface area contributed by atoms with E-state index in [2.05, 4.69) is 36.2 Å². The third-order valence-corrected chi connectivity index (χ3v) is 7.17. The average molecular weight is 500 g/mol. The number of carbonyl (C=O) groups is 2. The summed E-state index contributed by atoms with van der Waals surface area (Å²) >= 11 is 6.00. The molecule has 2 atom stereocenters. The number of aromatic carboxylic acids is 1. The molecule has 1 saturated carbocycles. The number of urea groups is 1. The van der Waals surface area contributed by atoms with Crippen LogP contribution < -0.4 is 5.32 Å². The maximum atomic E-state index is 13.2. The number of benzene rings is 1. The molecule has 0 spiro atoms. The lowest BCUT2D eigenvalue weighted by molar-refractivity contribution is 0.0684. The van der Waals surface area contributed by atoms with Crippen LogP contribution in [0.5, 0.6) is 0 Å². The van der Waals surface area contributed by atoms with E-state index in [1.54, 1.807) is 39.9 Å². The van der Waals surface area contributed by atoms with Gasteiger partial charge in [-0.1, -0.05) is 32.4 Å². The van der Waals surface area contributed by atoms with Gasteiger partial charge >= 0.3 is 12.0 Å². The second kappa shape index (κ2) is 9.47. The highest BCUT2D eigenvalue weighted by Crippen LogP contribution is 2.46. The molecular weight excluding hydrogens is 470 g/mol. The molecular formula is C25H30ClN5O4.